The van der Waals surface area contributed by atoms with Gasteiger partial charge in [-0.2, -0.15) is 0 Å². The number of aromatic nitrogens is 2. The maximum atomic E-state index is 10.6. The highest BCUT2D eigenvalue weighted by atomic mass is 127. The van der Waals surface area contributed by atoms with E-state index >= 15 is 0 Å². The van der Waals surface area contributed by atoms with Crippen molar-refractivity contribution in [2.24, 2.45) is 5.92 Å². The third-order valence-electron chi connectivity index (χ3n) is 1.45. The van der Waals surface area contributed by atoms with Gasteiger partial charge in [0.25, 0.3) is 0 Å². The van der Waals surface area contributed by atoms with Gasteiger partial charge >= 0.3 is 5.82 Å². The van der Waals surface area contributed by atoms with Crippen molar-refractivity contribution < 1.29 is 4.92 Å². The molecule has 1 aromatic rings. The Hall–Kier alpha value is -0.660. The van der Waals surface area contributed by atoms with Crippen LogP contribution in [0.1, 0.15) is 13.8 Å². The van der Waals surface area contributed by atoms with E-state index in [0.717, 1.165) is 0 Å². The third-order valence-corrected chi connectivity index (χ3v) is 1.98. The minimum Gasteiger partial charge on any atom is -0.358 e. The van der Waals surface area contributed by atoms with Crippen LogP contribution in [0.15, 0.2) is 6.07 Å². The van der Waals surface area contributed by atoms with E-state index in [-0.39, 0.29) is 5.82 Å². The van der Waals surface area contributed by atoms with Crippen molar-refractivity contribution in [1.82, 2.24) is 9.78 Å². The summed E-state index contributed by atoms with van der Waals surface area (Å²) in [6, 6.07) is 1.48. The van der Waals surface area contributed by atoms with Gasteiger partial charge in [-0.15, -0.1) is 4.68 Å². The Balaban J connectivity index is 2.97. The number of rotatable bonds is 3. The SMILES string of the molecule is CC(C)Cn1nc(I)cc1[N+](=O)[O-]. The van der Waals surface area contributed by atoms with Crippen LogP contribution in [0.25, 0.3) is 0 Å². The van der Waals surface area contributed by atoms with E-state index in [1.54, 1.807) is 0 Å². The Morgan fingerprint density at radius 2 is 2.38 bits per heavy atom. The summed E-state index contributed by atoms with van der Waals surface area (Å²) in [6.45, 7) is 4.58. The van der Waals surface area contributed by atoms with Gasteiger partial charge < -0.3 is 10.1 Å². The number of halogens is 1. The predicted molar refractivity (Wildman–Crippen MR) is 56.4 cm³/mol. The largest absolute Gasteiger partial charge is 0.358 e. The van der Waals surface area contributed by atoms with E-state index in [0.29, 0.717) is 16.2 Å². The second-order valence-electron chi connectivity index (χ2n) is 3.16. The molecule has 0 aromatic carbocycles. The quantitative estimate of drug-likeness (QED) is 0.487. The van der Waals surface area contributed by atoms with E-state index in [2.05, 4.69) is 5.10 Å². The standard InChI is InChI=1S/C7H10IN3O2/c1-5(2)4-10-7(11(12)13)3-6(8)9-10/h3,5H,4H2,1-2H3. The van der Waals surface area contributed by atoms with E-state index in [9.17, 15) is 10.1 Å². The molecule has 0 aliphatic heterocycles. The summed E-state index contributed by atoms with van der Waals surface area (Å²) in [7, 11) is 0. The molecular formula is C7H10IN3O2. The Labute approximate surface area is 89.4 Å². The molecule has 0 unspecified atom stereocenters. The lowest BCUT2D eigenvalue weighted by Gasteiger charge is -2.01. The summed E-state index contributed by atoms with van der Waals surface area (Å²) < 4.78 is 2.09. The van der Waals surface area contributed by atoms with E-state index < -0.39 is 4.92 Å². The van der Waals surface area contributed by atoms with Crippen molar-refractivity contribution in [3.05, 3.63) is 19.9 Å². The van der Waals surface area contributed by atoms with Crippen molar-refractivity contribution in [2.45, 2.75) is 20.4 Å². The molecule has 0 spiro atoms. The molecule has 0 saturated heterocycles. The van der Waals surface area contributed by atoms with Crippen molar-refractivity contribution in [1.29, 1.82) is 0 Å². The zero-order valence-electron chi connectivity index (χ0n) is 7.40. The molecule has 0 bridgehead atoms. The van der Waals surface area contributed by atoms with Crippen LogP contribution in [-0.4, -0.2) is 14.7 Å². The lowest BCUT2D eigenvalue weighted by atomic mass is 10.2. The van der Waals surface area contributed by atoms with E-state index in [1.165, 1.54) is 10.7 Å². The number of hydrogen-bond acceptors (Lipinski definition) is 3. The number of nitrogens with zero attached hydrogens (tertiary/aromatic N) is 3. The van der Waals surface area contributed by atoms with Crippen LogP contribution >= 0.6 is 22.6 Å². The first-order valence-electron chi connectivity index (χ1n) is 3.88. The van der Waals surface area contributed by atoms with Gasteiger partial charge in [0, 0.05) is 0 Å². The topological polar surface area (TPSA) is 61.0 Å². The lowest BCUT2D eigenvalue weighted by molar-refractivity contribution is -0.392. The van der Waals surface area contributed by atoms with Gasteiger partial charge in [0.05, 0.1) is 6.07 Å². The summed E-state index contributed by atoms with van der Waals surface area (Å²) in [6.07, 6.45) is 0. The van der Waals surface area contributed by atoms with Gasteiger partial charge in [-0.25, -0.2) is 0 Å². The molecule has 0 saturated carbocycles. The maximum absolute atomic E-state index is 10.6. The molecule has 0 fully saturated rings. The molecule has 1 aromatic heterocycles. The highest BCUT2D eigenvalue weighted by Gasteiger charge is 2.17. The summed E-state index contributed by atoms with van der Waals surface area (Å²) >= 11 is 1.97. The highest BCUT2D eigenvalue weighted by Crippen LogP contribution is 2.16. The Kier molecular flexibility index (Phi) is 3.23. The average molecular weight is 295 g/mol. The highest BCUT2D eigenvalue weighted by molar-refractivity contribution is 14.1. The fraction of sp³-hybridized carbons (Fsp3) is 0.571. The summed E-state index contributed by atoms with van der Waals surface area (Å²) in [5, 5.41) is 14.6. The van der Waals surface area contributed by atoms with Gasteiger partial charge in [0.15, 0.2) is 3.70 Å². The third kappa shape index (κ3) is 2.64. The zero-order valence-corrected chi connectivity index (χ0v) is 9.56. The van der Waals surface area contributed by atoms with Crippen molar-refractivity contribution in [3.8, 4) is 0 Å². The summed E-state index contributed by atoms with van der Waals surface area (Å²) in [4.78, 5) is 10.2. The smallest absolute Gasteiger partial charge is 0.345 e. The Morgan fingerprint density at radius 3 is 2.85 bits per heavy atom. The molecule has 0 atom stereocenters. The average Bonchev–Trinajstić information content (AvgIpc) is 2.29. The molecule has 5 nitrogen and oxygen atoms in total. The van der Waals surface area contributed by atoms with Gasteiger partial charge in [-0.1, -0.05) is 18.9 Å². The van der Waals surface area contributed by atoms with Gasteiger partial charge in [-0.05, 0) is 33.4 Å². The first kappa shape index (κ1) is 10.4. The van der Waals surface area contributed by atoms with Crippen molar-refractivity contribution in [2.75, 3.05) is 0 Å². The van der Waals surface area contributed by atoms with E-state index in [4.69, 9.17) is 0 Å². The fourth-order valence-corrected chi connectivity index (χ4v) is 1.54. The molecule has 0 aliphatic carbocycles. The Morgan fingerprint density at radius 1 is 1.77 bits per heavy atom. The first-order chi connectivity index (χ1) is 6.00. The first-order valence-corrected chi connectivity index (χ1v) is 4.96. The maximum Gasteiger partial charge on any atom is 0.345 e. The van der Waals surface area contributed by atoms with Crippen LogP contribution < -0.4 is 0 Å². The van der Waals surface area contributed by atoms with Gasteiger partial charge in [0.2, 0.25) is 0 Å². The van der Waals surface area contributed by atoms with Crippen LogP contribution in [0.4, 0.5) is 5.82 Å². The Bertz CT molecular complexity index is 322. The molecule has 1 heterocycles. The molecule has 0 radical (unpaired) electrons. The molecule has 6 heteroatoms. The zero-order chi connectivity index (χ0) is 10.0. The number of nitro groups is 1. The van der Waals surface area contributed by atoms with Crippen LogP contribution in [-0.2, 0) is 6.54 Å². The fourth-order valence-electron chi connectivity index (χ4n) is 1.00. The van der Waals surface area contributed by atoms with Crippen LogP contribution in [0.2, 0.25) is 0 Å². The molecule has 72 valence electrons. The predicted octanol–water partition coefficient (Wildman–Crippen LogP) is 2.05. The number of hydrogen-bond donors (Lipinski definition) is 0. The van der Waals surface area contributed by atoms with Crippen LogP contribution in [0, 0.1) is 19.7 Å². The molecule has 0 N–H and O–H groups in total. The van der Waals surface area contributed by atoms with E-state index in [1.807, 2.05) is 36.4 Å². The lowest BCUT2D eigenvalue weighted by Crippen LogP contribution is -2.09. The normalized spacial score (nSPS) is 10.8. The molecule has 0 aliphatic rings. The van der Waals surface area contributed by atoms with Crippen molar-refractivity contribution in [3.63, 3.8) is 0 Å². The second kappa shape index (κ2) is 4.03. The molecule has 0 amide bonds. The molecule has 1 rings (SSSR count). The minimum atomic E-state index is -0.405. The molecule has 13 heavy (non-hydrogen) atoms. The minimum absolute atomic E-state index is 0.0677. The molecular weight excluding hydrogens is 285 g/mol. The van der Waals surface area contributed by atoms with Crippen LogP contribution in [0.3, 0.4) is 0 Å². The van der Waals surface area contributed by atoms with Gasteiger partial charge in [-0.3, -0.25) is 0 Å². The van der Waals surface area contributed by atoms with Crippen molar-refractivity contribution >= 4 is 28.4 Å². The monoisotopic (exact) mass is 295 g/mol. The van der Waals surface area contributed by atoms with Crippen LogP contribution in [0.5, 0.6) is 0 Å². The second-order valence-corrected chi connectivity index (χ2v) is 4.26. The van der Waals surface area contributed by atoms with Gasteiger partial charge in [0.1, 0.15) is 6.54 Å². The summed E-state index contributed by atoms with van der Waals surface area (Å²) in [5.41, 5.74) is 0. The summed E-state index contributed by atoms with van der Waals surface area (Å²) in [5.74, 6) is 0.424.